The average molecular weight is 328 g/mol. The molecule has 0 aliphatic heterocycles. The average Bonchev–Trinajstić information content (AvgIpc) is 2.26. The fraction of sp³-hybridized carbons (Fsp3) is 0.200. The lowest BCUT2D eigenvalue weighted by atomic mass is 10.0. The maximum Gasteiger partial charge on any atom is 0.124 e. The summed E-state index contributed by atoms with van der Waals surface area (Å²) in [6.07, 6.45) is 1.68. The standard InChI is InChI=1S/C15H13BrClF/c1-10-6-13(16)5-4-12(10)3-2-11-7-14(17)9-15(18)8-11/h4-9H,2-3H2,1H3. The van der Waals surface area contributed by atoms with Crippen LogP contribution in [-0.4, -0.2) is 0 Å². The molecule has 0 aliphatic carbocycles. The van der Waals surface area contributed by atoms with Crippen LogP contribution in [0.1, 0.15) is 16.7 Å². The first-order valence-corrected chi connectivity index (χ1v) is 6.92. The SMILES string of the molecule is Cc1cc(Br)ccc1CCc1cc(F)cc(Cl)c1. The maximum atomic E-state index is 13.2. The molecule has 3 heteroatoms. The van der Waals surface area contributed by atoms with E-state index in [0.717, 1.165) is 22.9 Å². The highest BCUT2D eigenvalue weighted by Gasteiger charge is 2.03. The summed E-state index contributed by atoms with van der Waals surface area (Å²) >= 11 is 9.28. The van der Waals surface area contributed by atoms with E-state index < -0.39 is 0 Å². The van der Waals surface area contributed by atoms with Crippen molar-refractivity contribution in [1.82, 2.24) is 0 Å². The number of hydrogen-bond donors (Lipinski definition) is 0. The smallest absolute Gasteiger partial charge is 0.124 e. The molecule has 0 radical (unpaired) electrons. The molecule has 0 heterocycles. The van der Waals surface area contributed by atoms with Gasteiger partial charge in [0.25, 0.3) is 0 Å². The Morgan fingerprint density at radius 2 is 1.89 bits per heavy atom. The van der Waals surface area contributed by atoms with Gasteiger partial charge in [-0.3, -0.25) is 0 Å². The number of benzene rings is 2. The molecule has 0 fully saturated rings. The molecule has 18 heavy (non-hydrogen) atoms. The Hall–Kier alpha value is -0.860. The molecular weight excluding hydrogens is 315 g/mol. The van der Waals surface area contributed by atoms with Gasteiger partial charge in [0.15, 0.2) is 0 Å². The minimum atomic E-state index is -0.273. The summed E-state index contributed by atoms with van der Waals surface area (Å²) in [7, 11) is 0. The summed E-state index contributed by atoms with van der Waals surface area (Å²) in [4.78, 5) is 0. The summed E-state index contributed by atoms with van der Waals surface area (Å²) < 4.78 is 14.3. The van der Waals surface area contributed by atoms with Crippen LogP contribution in [0.4, 0.5) is 4.39 Å². The van der Waals surface area contributed by atoms with Crippen LogP contribution in [0.2, 0.25) is 5.02 Å². The summed E-state index contributed by atoms with van der Waals surface area (Å²) in [6, 6.07) is 10.9. The molecule has 0 saturated carbocycles. The minimum Gasteiger partial charge on any atom is -0.207 e. The molecule has 0 aromatic heterocycles. The topological polar surface area (TPSA) is 0 Å². The maximum absolute atomic E-state index is 13.2. The van der Waals surface area contributed by atoms with Gasteiger partial charge in [-0.25, -0.2) is 4.39 Å². The van der Waals surface area contributed by atoms with E-state index in [1.54, 1.807) is 6.07 Å². The van der Waals surface area contributed by atoms with Gasteiger partial charge in [0.2, 0.25) is 0 Å². The van der Waals surface area contributed by atoms with E-state index in [-0.39, 0.29) is 5.82 Å². The molecule has 0 aliphatic rings. The first kappa shape index (κ1) is 13.6. The fourth-order valence-corrected chi connectivity index (χ4v) is 2.69. The van der Waals surface area contributed by atoms with Crippen LogP contribution in [0.15, 0.2) is 40.9 Å². The highest BCUT2D eigenvalue weighted by atomic mass is 79.9. The van der Waals surface area contributed by atoms with Gasteiger partial charge in [-0.1, -0.05) is 33.6 Å². The molecule has 2 aromatic carbocycles. The van der Waals surface area contributed by atoms with Gasteiger partial charge in [0.05, 0.1) is 0 Å². The molecular formula is C15H13BrClF. The van der Waals surface area contributed by atoms with E-state index in [2.05, 4.69) is 35.0 Å². The van der Waals surface area contributed by atoms with E-state index >= 15 is 0 Å². The highest BCUT2D eigenvalue weighted by Crippen LogP contribution is 2.19. The van der Waals surface area contributed by atoms with Gasteiger partial charge in [0.1, 0.15) is 5.82 Å². The lowest BCUT2D eigenvalue weighted by molar-refractivity contribution is 0.625. The normalized spacial score (nSPS) is 10.7. The molecule has 0 N–H and O–H groups in total. The van der Waals surface area contributed by atoms with Crippen molar-refractivity contribution in [3.8, 4) is 0 Å². The Bertz CT molecular complexity index is 546. The lowest BCUT2D eigenvalue weighted by Gasteiger charge is -2.07. The van der Waals surface area contributed by atoms with Gasteiger partial charge in [-0.05, 0) is 66.8 Å². The third kappa shape index (κ3) is 3.56. The van der Waals surface area contributed by atoms with Crippen LogP contribution in [0.25, 0.3) is 0 Å². The van der Waals surface area contributed by atoms with Crippen molar-refractivity contribution in [2.75, 3.05) is 0 Å². The van der Waals surface area contributed by atoms with Gasteiger partial charge in [-0.2, -0.15) is 0 Å². The van der Waals surface area contributed by atoms with Crippen LogP contribution in [0.3, 0.4) is 0 Å². The first-order chi connectivity index (χ1) is 8.54. The Kier molecular flexibility index (Phi) is 4.41. The van der Waals surface area contributed by atoms with E-state index in [4.69, 9.17) is 11.6 Å². The van der Waals surface area contributed by atoms with E-state index in [9.17, 15) is 4.39 Å². The van der Waals surface area contributed by atoms with E-state index in [1.165, 1.54) is 17.2 Å². The van der Waals surface area contributed by atoms with Crippen molar-refractivity contribution in [3.05, 3.63) is 68.4 Å². The summed E-state index contributed by atoms with van der Waals surface area (Å²) in [5.74, 6) is -0.273. The fourth-order valence-electron chi connectivity index (χ4n) is 1.97. The van der Waals surface area contributed by atoms with Gasteiger partial charge in [0, 0.05) is 9.50 Å². The number of rotatable bonds is 3. The monoisotopic (exact) mass is 326 g/mol. The Labute approximate surface area is 120 Å². The van der Waals surface area contributed by atoms with Crippen LogP contribution in [-0.2, 0) is 12.8 Å². The lowest BCUT2D eigenvalue weighted by Crippen LogP contribution is -1.95. The quantitative estimate of drug-likeness (QED) is 0.714. The van der Waals surface area contributed by atoms with Crippen molar-refractivity contribution in [2.24, 2.45) is 0 Å². The molecule has 94 valence electrons. The second-order valence-electron chi connectivity index (χ2n) is 4.35. The van der Waals surface area contributed by atoms with Crippen LogP contribution in [0.5, 0.6) is 0 Å². The summed E-state index contributed by atoms with van der Waals surface area (Å²) in [5.41, 5.74) is 3.45. The molecule has 0 atom stereocenters. The number of halogens is 3. The third-order valence-electron chi connectivity index (χ3n) is 2.91. The van der Waals surface area contributed by atoms with Crippen LogP contribution < -0.4 is 0 Å². The molecule has 0 amide bonds. The number of aryl methyl sites for hydroxylation is 3. The largest absolute Gasteiger partial charge is 0.207 e. The molecule has 0 saturated heterocycles. The second kappa shape index (κ2) is 5.85. The molecule has 2 rings (SSSR count). The van der Waals surface area contributed by atoms with Gasteiger partial charge >= 0.3 is 0 Å². The summed E-state index contributed by atoms with van der Waals surface area (Å²) in [6.45, 7) is 2.08. The third-order valence-corrected chi connectivity index (χ3v) is 3.62. The Morgan fingerprint density at radius 3 is 2.56 bits per heavy atom. The second-order valence-corrected chi connectivity index (χ2v) is 5.70. The Balaban J connectivity index is 2.11. The molecule has 0 nitrogen and oxygen atoms in total. The van der Waals surface area contributed by atoms with Crippen LogP contribution in [0, 0.1) is 12.7 Å². The van der Waals surface area contributed by atoms with Crippen LogP contribution >= 0.6 is 27.5 Å². The molecule has 2 aromatic rings. The first-order valence-electron chi connectivity index (χ1n) is 5.74. The summed E-state index contributed by atoms with van der Waals surface area (Å²) in [5, 5.41) is 0.456. The van der Waals surface area contributed by atoms with Crippen molar-refractivity contribution in [3.63, 3.8) is 0 Å². The zero-order valence-electron chi connectivity index (χ0n) is 10.0. The highest BCUT2D eigenvalue weighted by molar-refractivity contribution is 9.10. The van der Waals surface area contributed by atoms with Crippen molar-refractivity contribution >= 4 is 27.5 Å². The van der Waals surface area contributed by atoms with Crippen molar-refractivity contribution < 1.29 is 4.39 Å². The van der Waals surface area contributed by atoms with E-state index in [1.807, 2.05) is 12.1 Å². The van der Waals surface area contributed by atoms with Gasteiger partial charge in [-0.15, -0.1) is 0 Å². The minimum absolute atomic E-state index is 0.273. The molecule has 0 bridgehead atoms. The predicted molar refractivity (Wildman–Crippen MR) is 77.7 cm³/mol. The number of hydrogen-bond acceptors (Lipinski definition) is 0. The molecule has 0 spiro atoms. The van der Waals surface area contributed by atoms with Gasteiger partial charge < -0.3 is 0 Å². The zero-order chi connectivity index (χ0) is 13.1. The zero-order valence-corrected chi connectivity index (χ0v) is 12.4. The van der Waals surface area contributed by atoms with E-state index in [0.29, 0.717) is 5.02 Å². The Morgan fingerprint density at radius 1 is 1.11 bits per heavy atom. The molecule has 0 unspecified atom stereocenters. The van der Waals surface area contributed by atoms with Crippen molar-refractivity contribution in [2.45, 2.75) is 19.8 Å². The van der Waals surface area contributed by atoms with Crippen molar-refractivity contribution in [1.29, 1.82) is 0 Å². The predicted octanol–water partition coefficient (Wildman–Crippen LogP) is 5.34.